The molecule has 2 amide bonds. The van der Waals surface area contributed by atoms with Gasteiger partial charge >= 0.3 is 12.2 Å². The molecule has 2 fully saturated rings. The monoisotopic (exact) mass is 552 g/mol. The molecular weight excluding hydrogens is 508 g/mol. The maximum absolute atomic E-state index is 12.7. The Labute approximate surface area is 238 Å². The number of cyclic esters (lactones) is 1. The molecular formula is C30H44N6O4. The van der Waals surface area contributed by atoms with Crippen LogP contribution in [0.3, 0.4) is 0 Å². The highest BCUT2D eigenvalue weighted by atomic mass is 16.6. The van der Waals surface area contributed by atoms with Crippen molar-refractivity contribution in [3.8, 4) is 0 Å². The number of anilines is 2. The summed E-state index contributed by atoms with van der Waals surface area (Å²) in [6.07, 6.45) is 1.03. The maximum Gasteiger partial charge on any atom is 0.415 e. The third kappa shape index (κ3) is 7.02. The van der Waals surface area contributed by atoms with E-state index in [4.69, 9.17) is 9.47 Å². The molecule has 0 spiro atoms. The van der Waals surface area contributed by atoms with E-state index < -0.39 is 5.60 Å². The molecule has 1 N–H and O–H groups in total. The molecule has 218 valence electrons. The van der Waals surface area contributed by atoms with Gasteiger partial charge in [-0.1, -0.05) is 38.1 Å². The second-order valence-electron chi connectivity index (χ2n) is 12.8. The van der Waals surface area contributed by atoms with E-state index in [0.29, 0.717) is 24.9 Å². The summed E-state index contributed by atoms with van der Waals surface area (Å²) in [4.78, 5) is 39.9. The minimum Gasteiger partial charge on any atom is -0.447 e. The van der Waals surface area contributed by atoms with Crippen LogP contribution in [0.15, 0.2) is 36.5 Å². The average molecular weight is 553 g/mol. The van der Waals surface area contributed by atoms with Gasteiger partial charge in [-0.05, 0) is 64.7 Å². The predicted molar refractivity (Wildman–Crippen MR) is 155 cm³/mol. The minimum atomic E-state index is -0.508. The van der Waals surface area contributed by atoms with Crippen LogP contribution in [-0.2, 0) is 16.0 Å². The zero-order chi connectivity index (χ0) is 29.2. The molecule has 2 aliphatic rings. The van der Waals surface area contributed by atoms with Gasteiger partial charge < -0.3 is 19.7 Å². The van der Waals surface area contributed by atoms with Gasteiger partial charge in [0.05, 0.1) is 17.6 Å². The maximum atomic E-state index is 12.7. The van der Waals surface area contributed by atoms with Crippen molar-refractivity contribution < 1.29 is 19.1 Å². The number of nitrogens with one attached hydrogen (secondary N) is 1. The number of ether oxygens (including phenoxy) is 2. The summed E-state index contributed by atoms with van der Waals surface area (Å²) >= 11 is 0. The first kappa shape index (κ1) is 29.6. The van der Waals surface area contributed by atoms with E-state index in [-0.39, 0.29) is 35.7 Å². The number of hydrogen-bond donors (Lipinski definition) is 1. The average Bonchev–Trinajstić information content (AvgIpc) is 3.24. The van der Waals surface area contributed by atoms with E-state index in [1.54, 1.807) is 17.2 Å². The van der Waals surface area contributed by atoms with Crippen LogP contribution in [0.2, 0.25) is 0 Å². The quantitative estimate of drug-likeness (QED) is 0.483. The summed E-state index contributed by atoms with van der Waals surface area (Å²) < 4.78 is 10.9. The van der Waals surface area contributed by atoms with Gasteiger partial charge in [-0.25, -0.2) is 14.6 Å². The van der Waals surface area contributed by atoms with Crippen molar-refractivity contribution in [1.29, 1.82) is 0 Å². The fraction of sp³-hybridized carbons (Fsp3) is 0.600. The van der Waals surface area contributed by atoms with Crippen LogP contribution < -0.4 is 10.2 Å². The third-order valence-electron chi connectivity index (χ3n) is 7.39. The summed E-state index contributed by atoms with van der Waals surface area (Å²) in [7, 11) is 0. The van der Waals surface area contributed by atoms with Gasteiger partial charge in [-0.3, -0.25) is 9.80 Å². The number of rotatable bonds is 7. The number of hydrogen-bond acceptors (Lipinski definition) is 8. The molecule has 1 unspecified atom stereocenters. The molecule has 4 rings (SSSR count). The Morgan fingerprint density at radius 3 is 2.48 bits per heavy atom. The molecule has 2 aromatic rings. The molecule has 0 bridgehead atoms. The molecule has 0 aliphatic carbocycles. The van der Waals surface area contributed by atoms with Crippen molar-refractivity contribution in [2.45, 2.75) is 85.2 Å². The van der Waals surface area contributed by atoms with E-state index in [1.165, 1.54) is 5.56 Å². The second kappa shape index (κ2) is 11.6. The molecule has 1 aromatic heterocycles. The highest BCUT2D eigenvalue weighted by molar-refractivity contribution is 5.89. The molecule has 1 aromatic carbocycles. The van der Waals surface area contributed by atoms with Gasteiger partial charge in [0.15, 0.2) is 0 Å². The van der Waals surface area contributed by atoms with Crippen LogP contribution in [0, 0.1) is 5.92 Å². The van der Waals surface area contributed by atoms with Crippen molar-refractivity contribution in [2.75, 3.05) is 36.5 Å². The summed E-state index contributed by atoms with van der Waals surface area (Å²) in [5, 5.41) is 3.36. The lowest BCUT2D eigenvalue weighted by Gasteiger charge is -2.47. The molecule has 2 saturated heterocycles. The predicted octanol–water partition coefficient (Wildman–Crippen LogP) is 5.46. The number of nitrogens with zero attached hydrogens (tertiary/aromatic N) is 5. The minimum absolute atomic E-state index is 0.0352. The first-order valence-electron chi connectivity index (χ1n) is 14.1. The van der Waals surface area contributed by atoms with Gasteiger partial charge in [0, 0.05) is 32.4 Å². The summed E-state index contributed by atoms with van der Waals surface area (Å²) in [6.45, 7) is 19.4. The zero-order valence-electron chi connectivity index (χ0n) is 25.1. The molecule has 2 atom stereocenters. The molecule has 10 heteroatoms. The second-order valence-corrected chi connectivity index (χ2v) is 12.8. The molecule has 0 radical (unpaired) electrons. The Kier molecular flexibility index (Phi) is 8.58. The van der Waals surface area contributed by atoms with Gasteiger partial charge in [-0.15, -0.1) is 0 Å². The lowest BCUT2D eigenvalue weighted by atomic mass is 9.98. The summed E-state index contributed by atoms with van der Waals surface area (Å²) in [6, 6.07) is 10.2. The van der Waals surface area contributed by atoms with Crippen LogP contribution in [-0.4, -0.2) is 75.4 Å². The van der Waals surface area contributed by atoms with E-state index in [9.17, 15) is 9.59 Å². The Bertz CT molecular complexity index is 1190. The van der Waals surface area contributed by atoms with Crippen molar-refractivity contribution in [3.05, 3.63) is 47.7 Å². The van der Waals surface area contributed by atoms with Crippen LogP contribution in [0.25, 0.3) is 0 Å². The highest BCUT2D eigenvalue weighted by Crippen LogP contribution is 2.28. The smallest absolute Gasteiger partial charge is 0.415 e. The molecule has 0 saturated carbocycles. The fourth-order valence-electron chi connectivity index (χ4n) is 5.24. The van der Waals surface area contributed by atoms with Gasteiger partial charge in [0.2, 0.25) is 5.95 Å². The van der Waals surface area contributed by atoms with Crippen LogP contribution in [0.1, 0.15) is 72.6 Å². The number of benzene rings is 1. The number of amides is 2. The first-order chi connectivity index (χ1) is 18.7. The van der Waals surface area contributed by atoms with E-state index in [0.717, 1.165) is 25.2 Å². The lowest BCUT2D eigenvalue weighted by Crippen LogP contribution is -2.61. The van der Waals surface area contributed by atoms with Crippen molar-refractivity contribution >= 4 is 24.0 Å². The third-order valence-corrected chi connectivity index (χ3v) is 7.39. The Morgan fingerprint density at radius 2 is 1.85 bits per heavy atom. The van der Waals surface area contributed by atoms with Crippen molar-refractivity contribution in [1.82, 2.24) is 19.8 Å². The number of aromatic nitrogens is 2. The Morgan fingerprint density at radius 1 is 1.15 bits per heavy atom. The zero-order valence-corrected chi connectivity index (χ0v) is 25.1. The van der Waals surface area contributed by atoms with Crippen LogP contribution in [0.4, 0.5) is 21.4 Å². The Hall–Kier alpha value is -3.40. The molecule has 2 aliphatic heterocycles. The highest BCUT2D eigenvalue weighted by Gasteiger charge is 2.39. The first-order valence-corrected chi connectivity index (χ1v) is 14.1. The number of carbonyl (C=O) groups is 2. The van der Waals surface area contributed by atoms with Crippen molar-refractivity contribution in [3.63, 3.8) is 0 Å². The standard InChI is InChI=1S/C30H44N6O4/c1-20(2)24-18-39-28(38)36(24)25-13-14-31-26(33-25)32-21(3)23-11-9-22(10-12-23)17-34-15-16-35(30(7,8)19-34)27(37)40-29(4,5)6/h9-14,20-21,24H,15-19H2,1-8H3,(H,31,32,33)/t21-,24?/m0/s1. The molecule has 3 heterocycles. The van der Waals surface area contributed by atoms with Gasteiger partial charge in [0.25, 0.3) is 0 Å². The summed E-state index contributed by atoms with van der Waals surface area (Å²) in [5.74, 6) is 1.24. The van der Waals surface area contributed by atoms with Gasteiger partial charge in [0.1, 0.15) is 18.0 Å². The van der Waals surface area contributed by atoms with Gasteiger partial charge in [-0.2, -0.15) is 4.98 Å². The SMILES string of the molecule is CC(C)C1COC(=O)N1c1ccnc(N[C@@H](C)c2ccc(CN3CCN(C(=O)OC(C)(C)C)C(C)(C)C3)cc2)n1. The van der Waals surface area contributed by atoms with E-state index in [1.807, 2.05) is 25.7 Å². The van der Waals surface area contributed by atoms with Crippen LogP contribution >= 0.6 is 0 Å². The molecule has 40 heavy (non-hydrogen) atoms. The fourth-order valence-corrected chi connectivity index (χ4v) is 5.24. The largest absolute Gasteiger partial charge is 0.447 e. The number of carbonyl (C=O) groups excluding carboxylic acids is 2. The summed E-state index contributed by atoms with van der Waals surface area (Å²) in [5.41, 5.74) is 1.48. The van der Waals surface area contributed by atoms with E-state index in [2.05, 4.69) is 79.1 Å². The lowest BCUT2D eigenvalue weighted by molar-refractivity contribution is -0.0244. The molecule has 10 nitrogen and oxygen atoms in total. The Balaban J connectivity index is 1.35. The topological polar surface area (TPSA) is 100 Å². The number of piperazine rings is 1. The van der Waals surface area contributed by atoms with Crippen LogP contribution in [0.5, 0.6) is 0 Å². The normalized spacial score (nSPS) is 20.4. The van der Waals surface area contributed by atoms with E-state index >= 15 is 0 Å². The van der Waals surface area contributed by atoms with Crippen molar-refractivity contribution in [2.24, 2.45) is 5.92 Å².